The summed E-state index contributed by atoms with van der Waals surface area (Å²) >= 11 is 0. The van der Waals surface area contributed by atoms with Gasteiger partial charge in [0, 0.05) is 44.6 Å². The Morgan fingerprint density at radius 3 is 2.71 bits per heavy atom. The molecule has 1 aliphatic carbocycles. The molecule has 24 heavy (non-hydrogen) atoms. The molecule has 0 aromatic heterocycles. The van der Waals surface area contributed by atoms with Crippen molar-refractivity contribution in [3.8, 4) is 0 Å². The van der Waals surface area contributed by atoms with Crippen LogP contribution in [0.4, 0.5) is 9.59 Å². The van der Waals surface area contributed by atoms with E-state index < -0.39 is 6.09 Å². The van der Waals surface area contributed by atoms with Crippen molar-refractivity contribution in [3.05, 3.63) is 0 Å². The number of hydrogen-bond acceptors (Lipinski definition) is 4. The van der Waals surface area contributed by atoms with Crippen molar-refractivity contribution in [3.63, 3.8) is 0 Å². The van der Waals surface area contributed by atoms with E-state index in [1.807, 2.05) is 0 Å². The van der Waals surface area contributed by atoms with Gasteiger partial charge in [-0.05, 0) is 31.6 Å². The fourth-order valence-electron chi connectivity index (χ4n) is 5.48. The van der Waals surface area contributed by atoms with Gasteiger partial charge in [0.15, 0.2) is 0 Å². The summed E-state index contributed by atoms with van der Waals surface area (Å²) in [5.41, 5.74) is -0.330. The summed E-state index contributed by atoms with van der Waals surface area (Å²) in [7, 11) is 0. The molecule has 2 N–H and O–H groups in total. The first kappa shape index (κ1) is 16.0. The molecule has 7 nitrogen and oxygen atoms in total. The van der Waals surface area contributed by atoms with Gasteiger partial charge in [0.1, 0.15) is 5.60 Å². The van der Waals surface area contributed by atoms with Crippen LogP contribution in [0.5, 0.6) is 0 Å². The quantitative estimate of drug-likeness (QED) is 0.804. The zero-order valence-corrected chi connectivity index (χ0v) is 14.2. The number of fused-ring (bicyclic) bond motifs is 3. The number of amides is 2. The highest BCUT2D eigenvalue weighted by atomic mass is 16.6. The average Bonchev–Trinajstić information content (AvgIpc) is 2.90. The number of ether oxygens (including phenoxy) is 1. The monoisotopic (exact) mass is 337 g/mol. The molecule has 4 atom stereocenters. The van der Waals surface area contributed by atoms with Crippen molar-refractivity contribution in [2.24, 2.45) is 5.92 Å². The smallest absolute Gasteiger partial charge is 0.408 e. The van der Waals surface area contributed by atoms with E-state index in [0.717, 1.165) is 51.6 Å². The molecule has 2 bridgehead atoms. The molecule has 0 radical (unpaired) electrons. The lowest BCUT2D eigenvalue weighted by Crippen LogP contribution is -2.62. The van der Waals surface area contributed by atoms with Gasteiger partial charge < -0.3 is 20.1 Å². The van der Waals surface area contributed by atoms with E-state index in [0.29, 0.717) is 18.5 Å². The highest BCUT2D eigenvalue weighted by Crippen LogP contribution is 2.41. The standard InChI is InChI=1S/C17H27N3O4/c1-2-14-17(24-15(21)18-14)5-7-19(8-6-17)13-9-12-4-3-11(13)10-20(12)16(22)23/h11-14H,2-10H2,1H3,(H,18,21)(H,22,23). The Kier molecular flexibility index (Phi) is 3.86. The van der Waals surface area contributed by atoms with Gasteiger partial charge in [0.25, 0.3) is 0 Å². The Bertz CT molecular complexity index is 532. The number of likely N-dealkylation sites (tertiary alicyclic amines) is 1. The van der Waals surface area contributed by atoms with Crippen LogP contribution >= 0.6 is 0 Å². The topological polar surface area (TPSA) is 82.1 Å². The van der Waals surface area contributed by atoms with Gasteiger partial charge in [-0.15, -0.1) is 0 Å². The molecule has 5 rings (SSSR count). The van der Waals surface area contributed by atoms with Crippen molar-refractivity contribution in [1.82, 2.24) is 15.1 Å². The molecular formula is C17H27N3O4. The number of hydrogen-bond donors (Lipinski definition) is 2. The molecule has 4 heterocycles. The summed E-state index contributed by atoms with van der Waals surface area (Å²) in [5, 5.41) is 12.3. The molecule has 0 aromatic rings. The first-order valence-corrected chi connectivity index (χ1v) is 9.25. The maximum Gasteiger partial charge on any atom is 0.408 e. The normalized spacial score (nSPS) is 38.2. The van der Waals surface area contributed by atoms with Gasteiger partial charge in [-0.25, -0.2) is 9.59 Å². The van der Waals surface area contributed by atoms with E-state index in [-0.39, 0.29) is 23.8 Å². The summed E-state index contributed by atoms with van der Waals surface area (Å²) in [5.74, 6) is 0.450. The Morgan fingerprint density at radius 1 is 1.38 bits per heavy atom. The average molecular weight is 337 g/mol. The molecule has 5 fully saturated rings. The minimum atomic E-state index is -0.768. The van der Waals surface area contributed by atoms with Crippen molar-refractivity contribution in [2.75, 3.05) is 19.6 Å². The van der Waals surface area contributed by atoms with Gasteiger partial charge in [-0.1, -0.05) is 6.92 Å². The Labute approximate surface area is 142 Å². The number of nitrogens with zero attached hydrogens (tertiary/aromatic N) is 2. The molecular weight excluding hydrogens is 310 g/mol. The van der Waals surface area contributed by atoms with E-state index in [4.69, 9.17) is 4.74 Å². The molecule has 7 heteroatoms. The highest BCUT2D eigenvalue weighted by molar-refractivity contribution is 5.71. The summed E-state index contributed by atoms with van der Waals surface area (Å²) in [6.45, 7) is 4.65. The third kappa shape index (κ3) is 2.44. The number of nitrogens with one attached hydrogen (secondary N) is 1. The highest BCUT2D eigenvalue weighted by Gasteiger charge is 2.52. The van der Waals surface area contributed by atoms with Crippen molar-refractivity contribution in [2.45, 2.75) is 69.2 Å². The first-order valence-electron chi connectivity index (χ1n) is 9.25. The molecule has 134 valence electrons. The molecule has 0 aromatic carbocycles. The summed E-state index contributed by atoms with van der Waals surface area (Å²) in [4.78, 5) is 27.2. The lowest BCUT2D eigenvalue weighted by Gasteiger charge is -2.53. The maximum absolute atomic E-state index is 11.7. The van der Waals surface area contributed by atoms with Gasteiger partial charge in [-0.2, -0.15) is 0 Å². The SMILES string of the molecule is CCC1NC(=O)OC12CCN(C1CC3CCC1CN3C(=O)O)CC2. The van der Waals surface area contributed by atoms with Crippen LogP contribution in [0.1, 0.15) is 45.4 Å². The zero-order valence-electron chi connectivity index (χ0n) is 14.2. The number of rotatable bonds is 2. The minimum absolute atomic E-state index is 0.123. The molecule has 2 amide bonds. The van der Waals surface area contributed by atoms with E-state index in [9.17, 15) is 14.7 Å². The molecule has 1 saturated carbocycles. The number of carbonyl (C=O) groups excluding carboxylic acids is 1. The summed E-state index contributed by atoms with van der Waals surface area (Å²) in [6, 6.07) is 0.794. The maximum atomic E-state index is 11.7. The third-order valence-electron chi connectivity index (χ3n) is 6.79. The number of carboxylic acid groups (broad SMARTS) is 1. The minimum Gasteiger partial charge on any atom is -0.465 e. The lowest BCUT2D eigenvalue weighted by atomic mass is 9.74. The van der Waals surface area contributed by atoms with Gasteiger partial charge in [0.05, 0.1) is 6.04 Å². The van der Waals surface area contributed by atoms with Crippen LogP contribution in [-0.2, 0) is 4.74 Å². The van der Waals surface area contributed by atoms with Crippen LogP contribution in [0.3, 0.4) is 0 Å². The van der Waals surface area contributed by atoms with E-state index in [1.165, 1.54) is 0 Å². The van der Waals surface area contributed by atoms with Gasteiger partial charge >= 0.3 is 12.2 Å². The van der Waals surface area contributed by atoms with Crippen LogP contribution in [0, 0.1) is 5.92 Å². The Morgan fingerprint density at radius 2 is 2.12 bits per heavy atom. The van der Waals surface area contributed by atoms with Gasteiger partial charge in [-0.3, -0.25) is 4.90 Å². The second-order valence-corrected chi connectivity index (χ2v) is 7.82. The Hall–Kier alpha value is -1.50. The van der Waals surface area contributed by atoms with Crippen molar-refractivity contribution < 1.29 is 19.4 Å². The summed E-state index contributed by atoms with van der Waals surface area (Å²) in [6.07, 6.45) is 4.70. The van der Waals surface area contributed by atoms with Gasteiger partial charge in [0.2, 0.25) is 0 Å². The number of carbonyl (C=O) groups is 2. The van der Waals surface area contributed by atoms with Crippen molar-refractivity contribution in [1.29, 1.82) is 0 Å². The molecule has 1 spiro atoms. The second-order valence-electron chi connectivity index (χ2n) is 7.82. The van der Waals surface area contributed by atoms with E-state index in [1.54, 1.807) is 4.90 Å². The van der Waals surface area contributed by atoms with E-state index in [2.05, 4.69) is 17.1 Å². The molecule has 5 aliphatic rings. The summed E-state index contributed by atoms with van der Waals surface area (Å²) < 4.78 is 5.68. The number of alkyl carbamates (subject to hydrolysis) is 1. The molecule has 4 aliphatic heterocycles. The predicted molar refractivity (Wildman–Crippen MR) is 86.9 cm³/mol. The lowest BCUT2D eigenvalue weighted by molar-refractivity contribution is -0.0639. The fourth-order valence-corrected chi connectivity index (χ4v) is 5.48. The fraction of sp³-hybridized carbons (Fsp3) is 0.882. The van der Waals surface area contributed by atoms with Crippen LogP contribution in [-0.4, -0.2) is 70.5 Å². The third-order valence-corrected chi connectivity index (χ3v) is 6.79. The van der Waals surface area contributed by atoms with Crippen LogP contribution in [0.25, 0.3) is 0 Å². The Balaban J connectivity index is 1.40. The predicted octanol–water partition coefficient (Wildman–Crippen LogP) is 1.87. The van der Waals surface area contributed by atoms with Crippen LogP contribution in [0.2, 0.25) is 0 Å². The number of piperidine rings is 3. The first-order chi connectivity index (χ1) is 11.5. The van der Waals surface area contributed by atoms with Crippen molar-refractivity contribution >= 4 is 12.2 Å². The van der Waals surface area contributed by atoms with Crippen LogP contribution < -0.4 is 5.32 Å². The van der Waals surface area contributed by atoms with E-state index >= 15 is 0 Å². The largest absolute Gasteiger partial charge is 0.465 e. The molecule has 4 saturated heterocycles. The zero-order chi connectivity index (χ0) is 16.9. The van der Waals surface area contributed by atoms with Crippen LogP contribution in [0.15, 0.2) is 0 Å². The molecule has 4 unspecified atom stereocenters. The second kappa shape index (κ2) is 5.79.